The fourth-order valence-corrected chi connectivity index (χ4v) is 1.83. The Balaban J connectivity index is 2.33. The van der Waals surface area contributed by atoms with E-state index in [2.05, 4.69) is 5.10 Å². The van der Waals surface area contributed by atoms with Crippen molar-refractivity contribution in [3.8, 4) is 0 Å². The molecule has 1 aromatic heterocycles. The van der Waals surface area contributed by atoms with Crippen LogP contribution in [0.25, 0.3) is 0 Å². The van der Waals surface area contributed by atoms with E-state index in [-0.39, 0.29) is 5.97 Å². The number of nitrogens with two attached hydrogens (primary N) is 1. The summed E-state index contributed by atoms with van der Waals surface area (Å²) in [5.74, 6) is 0.152. The standard InChI is InChI=1S/C9H15N3O2S/c1-3-14-9(13)8(10)6-15-7-4-11-12(2)5-7/h4-5,8H,3,6,10H2,1-2H3. The molecule has 0 aliphatic heterocycles. The lowest BCUT2D eigenvalue weighted by atomic mass is 10.4. The highest BCUT2D eigenvalue weighted by Gasteiger charge is 2.14. The average molecular weight is 229 g/mol. The van der Waals surface area contributed by atoms with E-state index >= 15 is 0 Å². The van der Waals surface area contributed by atoms with Crippen LogP contribution in [-0.2, 0) is 16.6 Å². The molecule has 6 heteroatoms. The Kier molecular flexibility index (Phi) is 4.64. The molecule has 1 aromatic rings. The first-order valence-electron chi connectivity index (χ1n) is 4.67. The molecule has 0 amide bonds. The lowest BCUT2D eigenvalue weighted by molar-refractivity contribution is -0.144. The lowest BCUT2D eigenvalue weighted by Gasteiger charge is -2.08. The monoisotopic (exact) mass is 229 g/mol. The van der Waals surface area contributed by atoms with Crippen molar-refractivity contribution in [2.24, 2.45) is 12.8 Å². The van der Waals surface area contributed by atoms with Crippen LogP contribution in [0.15, 0.2) is 17.3 Å². The van der Waals surface area contributed by atoms with Crippen LogP contribution < -0.4 is 5.73 Å². The minimum atomic E-state index is -0.574. The number of aromatic nitrogens is 2. The van der Waals surface area contributed by atoms with Crippen LogP contribution in [0.5, 0.6) is 0 Å². The van der Waals surface area contributed by atoms with Crippen LogP contribution in [0.1, 0.15) is 6.92 Å². The number of rotatable bonds is 5. The molecular weight excluding hydrogens is 214 g/mol. The van der Waals surface area contributed by atoms with Gasteiger partial charge >= 0.3 is 5.97 Å². The summed E-state index contributed by atoms with van der Waals surface area (Å²) in [5, 5.41) is 4.01. The third-order valence-electron chi connectivity index (χ3n) is 1.70. The van der Waals surface area contributed by atoms with E-state index in [4.69, 9.17) is 10.5 Å². The Morgan fingerprint density at radius 3 is 3.07 bits per heavy atom. The second kappa shape index (κ2) is 5.77. The number of hydrogen-bond acceptors (Lipinski definition) is 5. The van der Waals surface area contributed by atoms with E-state index < -0.39 is 6.04 Å². The Hall–Kier alpha value is -1.01. The smallest absolute Gasteiger partial charge is 0.323 e. The summed E-state index contributed by atoms with van der Waals surface area (Å²) >= 11 is 1.49. The van der Waals surface area contributed by atoms with Gasteiger partial charge in [0.15, 0.2) is 0 Å². The Morgan fingerprint density at radius 2 is 2.53 bits per heavy atom. The molecule has 0 aliphatic carbocycles. The minimum Gasteiger partial charge on any atom is -0.465 e. The van der Waals surface area contributed by atoms with Crippen molar-refractivity contribution in [2.45, 2.75) is 17.9 Å². The van der Waals surface area contributed by atoms with E-state index in [1.807, 2.05) is 13.2 Å². The molecule has 0 aromatic carbocycles. The van der Waals surface area contributed by atoms with Gasteiger partial charge in [0.1, 0.15) is 6.04 Å². The predicted octanol–water partition coefficient (Wildman–Crippen LogP) is 0.403. The van der Waals surface area contributed by atoms with E-state index in [1.165, 1.54) is 11.8 Å². The normalized spacial score (nSPS) is 12.5. The molecule has 1 atom stereocenters. The van der Waals surface area contributed by atoms with Gasteiger partial charge in [-0.1, -0.05) is 0 Å². The van der Waals surface area contributed by atoms with Crippen LogP contribution in [0, 0.1) is 0 Å². The molecule has 0 aliphatic rings. The molecule has 0 fully saturated rings. The van der Waals surface area contributed by atoms with E-state index in [1.54, 1.807) is 17.8 Å². The van der Waals surface area contributed by atoms with Crippen LogP contribution in [-0.4, -0.2) is 34.2 Å². The molecule has 1 rings (SSSR count). The van der Waals surface area contributed by atoms with Crippen molar-refractivity contribution in [1.82, 2.24) is 9.78 Å². The SMILES string of the molecule is CCOC(=O)C(N)CSc1cnn(C)c1. The summed E-state index contributed by atoms with van der Waals surface area (Å²) in [6.07, 6.45) is 3.62. The molecule has 2 N–H and O–H groups in total. The number of carbonyl (C=O) groups is 1. The number of ether oxygens (including phenoxy) is 1. The topological polar surface area (TPSA) is 70.1 Å². The number of esters is 1. The van der Waals surface area contributed by atoms with E-state index in [0.717, 1.165) is 4.90 Å². The number of carbonyl (C=O) groups excluding carboxylic acids is 1. The third-order valence-corrected chi connectivity index (χ3v) is 2.77. The zero-order chi connectivity index (χ0) is 11.3. The van der Waals surface area contributed by atoms with Crippen molar-refractivity contribution in [3.05, 3.63) is 12.4 Å². The molecule has 15 heavy (non-hydrogen) atoms. The maximum atomic E-state index is 11.2. The summed E-state index contributed by atoms with van der Waals surface area (Å²) in [4.78, 5) is 12.2. The second-order valence-corrected chi connectivity index (χ2v) is 4.11. The highest BCUT2D eigenvalue weighted by Crippen LogP contribution is 2.16. The van der Waals surface area contributed by atoms with Gasteiger partial charge in [-0.15, -0.1) is 11.8 Å². The van der Waals surface area contributed by atoms with Gasteiger partial charge < -0.3 is 10.5 Å². The zero-order valence-corrected chi connectivity index (χ0v) is 9.66. The van der Waals surface area contributed by atoms with Gasteiger partial charge in [0.05, 0.1) is 12.8 Å². The molecule has 1 unspecified atom stereocenters. The molecule has 5 nitrogen and oxygen atoms in total. The van der Waals surface area contributed by atoms with Crippen LogP contribution in [0.2, 0.25) is 0 Å². The Bertz CT molecular complexity index is 327. The average Bonchev–Trinajstić information content (AvgIpc) is 2.61. The zero-order valence-electron chi connectivity index (χ0n) is 8.84. The molecule has 0 saturated carbocycles. The largest absolute Gasteiger partial charge is 0.465 e. The van der Waals surface area contributed by atoms with E-state index in [0.29, 0.717) is 12.4 Å². The number of nitrogens with zero attached hydrogens (tertiary/aromatic N) is 2. The lowest BCUT2D eigenvalue weighted by Crippen LogP contribution is -2.34. The summed E-state index contributed by atoms with van der Waals surface area (Å²) in [6.45, 7) is 2.13. The van der Waals surface area contributed by atoms with Crippen molar-refractivity contribution in [1.29, 1.82) is 0 Å². The van der Waals surface area contributed by atoms with Gasteiger partial charge in [-0.2, -0.15) is 5.10 Å². The molecule has 0 saturated heterocycles. The number of thioether (sulfide) groups is 1. The second-order valence-electron chi connectivity index (χ2n) is 3.02. The predicted molar refractivity (Wildman–Crippen MR) is 58.5 cm³/mol. The van der Waals surface area contributed by atoms with Gasteiger partial charge in [0.2, 0.25) is 0 Å². The molecular formula is C9H15N3O2S. The highest BCUT2D eigenvalue weighted by molar-refractivity contribution is 7.99. The fourth-order valence-electron chi connectivity index (χ4n) is 0.977. The highest BCUT2D eigenvalue weighted by atomic mass is 32.2. The van der Waals surface area contributed by atoms with Crippen LogP contribution in [0.3, 0.4) is 0 Å². The molecule has 0 spiro atoms. The van der Waals surface area contributed by atoms with Gasteiger partial charge in [-0.05, 0) is 6.92 Å². The van der Waals surface area contributed by atoms with Gasteiger partial charge in [-0.25, -0.2) is 0 Å². The Morgan fingerprint density at radius 1 is 1.80 bits per heavy atom. The third kappa shape index (κ3) is 3.93. The minimum absolute atomic E-state index is 0.353. The maximum Gasteiger partial charge on any atom is 0.323 e. The first-order chi connectivity index (χ1) is 7.13. The van der Waals surface area contributed by atoms with Crippen molar-refractivity contribution >= 4 is 17.7 Å². The van der Waals surface area contributed by atoms with Gasteiger partial charge in [0, 0.05) is 23.9 Å². The van der Waals surface area contributed by atoms with E-state index in [9.17, 15) is 4.79 Å². The van der Waals surface area contributed by atoms with Crippen molar-refractivity contribution < 1.29 is 9.53 Å². The summed E-state index contributed by atoms with van der Waals surface area (Å²) in [6, 6.07) is -0.574. The summed E-state index contributed by atoms with van der Waals surface area (Å²) in [5.41, 5.74) is 5.64. The van der Waals surface area contributed by atoms with Gasteiger partial charge in [0.25, 0.3) is 0 Å². The fraction of sp³-hybridized carbons (Fsp3) is 0.556. The molecule has 1 heterocycles. The quantitative estimate of drug-likeness (QED) is 0.584. The number of hydrogen-bond donors (Lipinski definition) is 1. The van der Waals surface area contributed by atoms with Crippen molar-refractivity contribution in [2.75, 3.05) is 12.4 Å². The number of aryl methyl sites for hydroxylation is 1. The maximum absolute atomic E-state index is 11.2. The summed E-state index contributed by atoms with van der Waals surface area (Å²) < 4.78 is 6.51. The molecule has 0 bridgehead atoms. The summed E-state index contributed by atoms with van der Waals surface area (Å²) in [7, 11) is 1.84. The Labute approximate surface area is 93.0 Å². The first-order valence-corrected chi connectivity index (χ1v) is 5.65. The van der Waals surface area contributed by atoms with Gasteiger partial charge in [-0.3, -0.25) is 9.48 Å². The first kappa shape index (κ1) is 12.1. The van der Waals surface area contributed by atoms with Crippen LogP contribution in [0.4, 0.5) is 0 Å². The van der Waals surface area contributed by atoms with Crippen molar-refractivity contribution in [3.63, 3.8) is 0 Å². The molecule has 84 valence electrons. The van der Waals surface area contributed by atoms with Crippen LogP contribution >= 0.6 is 11.8 Å². The molecule has 0 radical (unpaired) electrons.